The van der Waals surface area contributed by atoms with Crippen molar-refractivity contribution in [2.75, 3.05) is 0 Å². The van der Waals surface area contributed by atoms with E-state index in [1.807, 2.05) is 72.9 Å². The fourth-order valence-corrected chi connectivity index (χ4v) is 6.20. The predicted octanol–water partition coefficient (Wildman–Crippen LogP) is 10.5. The average Bonchev–Trinajstić information content (AvgIpc) is 3.30. The van der Waals surface area contributed by atoms with Crippen LogP contribution in [0.3, 0.4) is 0 Å². The van der Waals surface area contributed by atoms with Crippen molar-refractivity contribution < 1.29 is 32.4 Å². The van der Waals surface area contributed by atoms with E-state index in [0.29, 0.717) is 28.0 Å². The second kappa shape index (κ2) is 11.8. The summed E-state index contributed by atoms with van der Waals surface area (Å²) in [5.41, 5.74) is -1.77. The summed E-state index contributed by atoms with van der Waals surface area (Å²) in [5, 5.41) is 3.46. The molecule has 0 saturated heterocycles. The predicted molar refractivity (Wildman–Crippen MR) is 187 cm³/mol. The molecular formula is C42H37IrN3-2. The van der Waals surface area contributed by atoms with Crippen molar-refractivity contribution in [1.29, 1.82) is 0 Å². The smallest absolute Gasteiger partial charge is 0.0878 e. The third-order valence-corrected chi connectivity index (χ3v) is 9.30. The molecule has 0 spiro atoms. The minimum atomic E-state index is -3.19. The zero-order valence-electron chi connectivity index (χ0n) is 34.6. The number of hydrogen-bond donors (Lipinski definition) is 0. The zero-order valence-corrected chi connectivity index (χ0v) is 28.0. The van der Waals surface area contributed by atoms with Crippen molar-refractivity contribution in [2.24, 2.45) is 5.41 Å². The Bertz CT molecular complexity index is 2450. The molecule has 2 aromatic heterocycles. The summed E-state index contributed by atoms with van der Waals surface area (Å²) in [6.07, 6.45) is 1.82. The summed E-state index contributed by atoms with van der Waals surface area (Å²) in [5.74, 6) is 0. The maximum Gasteiger partial charge on any atom is 0.0878 e. The first-order valence-corrected chi connectivity index (χ1v) is 14.9. The Morgan fingerprint density at radius 3 is 2.02 bits per heavy atom. The van der Waals surface area contributed by atoms with Crippen LogP contribution in [-0.2, 0) is 30.9 Å². The Morgan fingerprint density at radius 1 is 0.630 bits per heavy atom. The van der Waals surface area contributed by atoms with Crippen molar-refractivity contribution >= 4 is 32.7 Å². The molecule has 0 saturated carbocycles. The van der Waals surface area contributed by atoms with E-state index in [0.717, 1.165) is 16.5 Å². The maximum atomic E-state index is 8.59. The Morgan fingerprint density at radius 2 is 1.30 bits per heavy atom. The SMILES string of the molecule is [2H]C([2H])([2H])C1(C)C(C)(C)c2cc3nc(-c4ccccc4)c(-c4[c-]cccc4)nc3cc2C1(C([2H])([2H])[2H])C([2H])([2H])[2H].[Ir].[c-]1cccc2ccc3cccnc3c12. The van der Waals surface area contributed by atoms with E-state index < -0.39 is 36.8 Å². The summed E-state index contributed by atoms with van der Waals surface area (Å²) in [4.78, 5) is 14.2. The van der Waals surface area contributed by atoms with Crippen LogP contribution in [0.4, 0.5) is 0 Å². The molecule has 8 rings (SSSR count). The maximum absolute atomic E-state index is 8.59. The number of pyridine rings is 1. The van der Waals surface area contributed by atoms with Gasteiger partial charge in [-0.05, 0) is 62.0 Å². The number of fused-ring (bicyclic) bond motifs is 5. The van der Waals surface area contributed by atoms with Gasteiger partial charge in [-0.15, -0.1) is 70.9 Å². The Hall–Kier alpha value is -4.24. The molecule has 0 amide bonds. The first-order chi connectivity index (χ1) is 25.3. The molecule has 0 bridgehead atoms. The molecule has 0 fully saturated rings. The van der Waals surface area contributed by atoms with Crippen LogP contribution in [-0.4, -0.2) is 15.0 Å². The molecular weight excluding hydrogens is 739 g/mol. The van der Waals surface area contributed by atoms with Crippen LogP contribution in [0.1, 0.15) is 64.8 Å². The second-order valence-corrected chi connectivity index (χ2v) is 12.2. The van der Waals surface area contributed by atoms with Gasteiger partial charge in [0.1, 0.15) is 0 Å². The largest absolute Gasteiger partial charge is 0.304 e. The molecule has 1 aliphatic carbocycles. The van der Waals surface area contributed by atoms with Gasteiger partial charge < -0.3 is 4.98 Å². The van der Waals surface area contributed by atoms with Gasteiger partial charge in [0.15, 0.2) is 0 Å². The first-order valence-electron chi connectivity index (χ1n) is 19.4. The molecule has 2 heterocycles. The molecule has 1 radical (unpaired) electrons. The van der Waals surface area contributed by atoms with E-state index in [4.69, 9.17) is 22.3 Å². The fourth-order valence-electron chi connectivity index (χ4n) is 6.20. The Labute approximate surface area is 298 Å². The Balaban J connectivity index is 0.000000285. The van der Waals surface area contributed by atoms with E-state index >= 15 is 0 Å². The van der Waals surface area contributed by atoms with Gasteiger partial charge in [-0.25, -0.2) is 0 Å². The number of hydrogen-bond acceptors (Lipinski definition) is 3. The van der Waals surface area contributed by atoms with E-state index in [-0.39, 0.29) is 31.2 Å². The summed E-state index contributed by atoms with van der Waals surface area (Å²) in [6, 6.07) is 40.4. The molecule has 4 heteroatoms. The molecule has 46 heavy (non-hydrogen) atoms. The number of nitrogens with zero attached hydrogens (tertiary/aromatic N) is 3. The summed E-state index contributed by atoms with van der Waals surface area (Å²) < 4.78 is 77.2. The van der Waals surface area contributed by atoms with E-state index in [2.05, 4.69) is 41.4 Å². The number of benzene rings is 5. The van der Waals surface area contributed by atoms with Gasteiger partial charge >= 0.3 is 0 Å². The van der Waals surface area contributed by atoms with Crippen LogP contribution in [0, 0.1) is 17.5 Å². The quantitative estimate of drug-likeness (QED) is 0.129. The topological polar surface area (TPSA) is 38.7 Å². The van der Waals surface area contributed by atoms with Gasteiger partial charge in [0.2, 0.25) is 0 Å². The van der Waals surface area contributed by atoms with Crippen molar-refractivity contribution in [1.82, 2.24) is 15.0 Å². The molecule has 7 aromatic rings. The Kier molecular flexibility index (Phi) is 5.74. The van der Waals surface area contributed by atoms with Crippen LogP contribution < -0.4 is 0 Å². The summed E-state index contributed by atoms with van der Waals surface area (Å²) in [6.45, 7) is -4.81. The summed E-state index contributed by atoms with van der Waals surface area (Å²) >= 11 is 0. The van der Waals surface area contributed by atoms with E-state index in [1.165, 1.54) is 23.8 Å². The van der Waals surface area contributed by atoms with Crippen LogP contribution in [0.15, 0.2) is 115 Å². The van der Waals surface area contributed by atoms with Crippen LogP contribution >= 0.6 is 0 Å². The van der Waals surface area contributed by atoms with Gasteiger partial charge in [0.25, 0.3) is 0 Å². The van der Waals surface area contributed by atoms with E-state index in [9.17, 15) is 0 Å². The normalized spacial score (nSPS) is 21.3. The van der Waals surface area contributed by atoms with Crippen LogP contribution in [0.2, 0.25) is 0 Å². The monoisotopic (exact) mass is 785 g/mol. The summed E-state index contributed by atoms with van der Waals surface area (Å²) in [7, 11) is 0. The first kappa shape index (κ1) is 22.3. The molecule has 5 aromatic carbocycles. The minimum absolute atomic E-state index is 0. The second-order valence-electron chi connectivity index (χ2n) is 12.2. The number of rotatable bonds is 2. The van der Waals surface area contributed by atoms with Gasteiger partial charge in [-0.2, -0.15) is 0 Å². The van der Waals surface area contributed by atoms with Crippen molar-refractivity contribution in [3.8, 4) is 22.5 Å². The van der Waals surface area contributed by atoms with Gasteiger partial charge in [-0.1, -0.05) is 89.9 Å². The molecule has 1 atom stereocenters. The zero-order chi connectivity index (χ0) is 38.9. The molecule has 1 aliphatic rings. The van der Waals surface area contributed by atoms with Crippen LogP contribution in [0.25, 0.3) is 55.2 Å². The molecule has 0 aliphatic heterocycles. The van der Waals surface area contributed by atoms with Crippen molar-refractivity contribution in [3.05, 3.63) is 139 Å². The van der Waals surface area contributed by atoms with Crippen molar-refractivity contribution in [3.63, 3.8) is 0 Å². The fraction of sp³-hybridized carbons (Fsp3) is 0.214. The van der Waals surface area contributed by atoms with Gasteiger partial charge in [0.05, 0.1) is 16.7 Å². The van der Waals surface area contributed by atoms with Crippen LogP contribution in [0.5, 0.6) is 0 Å². The number of aromatic nitrogens is 3. The third kappa shape index (κ3) is 5.05. The average molecular weight is 785 g/mol. The molecule has 3 nitrogen and oxygen atoms in total. The molecule has 0 N–H and O–H groups in total. The van der Waals surface area contributed by atoms with Crippen molar-refractivity contribution in [2.45, 2.75) is 52.2 Å². The minimum Gasteiger partial charge on any atom is -0.304 e. The molecule has 231 valence electrons. The third-order valence-electron chi connectivity index (χ3n) is 9.30. The van der Waals surface area contributed by atoms with Gasteiger partial charge in [0, 0.05) is 44.3 Å². The molecule has 1 unspecified atom stereocenters. The van der Waals surface area contributed by atoms with Gasteiger partial charge in [-0.3, -0.25) is 9.97 Å². The standard InChI is InChI=1S/C29H29N2.C13H8N.Ir/c1-27(2)21-17-23-24(18-22(21)28(3,4)29(27,5)6)31-26(20-15-11-8-12-16-20)25(30-23)19-13-9-7-10-14-19;1-2-6-12-10(4-1)7-8-11-5-3-9-14-13(11)12;/h7-15,17-18H,1-6H3;1-5,7-9H;/q2*-1;/i3D3,4D3,5D3;;. The van der Waals surface area contributed by atoms with E-state index in [1.54, 1.807) is 26.0 Å².